The highest BCUT2D eigenvalue weighted by molar-refractivity contribution is 5.43. The lowest BCUT2D eigenvalue weighted by atomic mass is 9.78. The van der Waals surface area contributed by atoms with E-state index in [1.165, 1.54) is 19.3 Å². The molecule has 1 aliphatic carbocycles. The maximum Gasteiger partial charge on any atom is 0.129 e. The first-order chi connectivity index (χ1) is 8.19. The van der Waals surface area contributed by atoms with Crippen LogP contribution in [-0.2, 0) is 0 Å². The lowest BCUT2D eigenvalue weighted by molar-refractivity contribution is -0.0382. The smallest absolute Gasteiger partial charge is 0.129 e. The Morgan fingerprint density at radius 1 is 1.18 bits per heavy atom. The van der Waals surface area contributed by atoms with Gasteiger partial charge in [0.1, 0.15) is 17.1 Å². The Morgan fingerprint density at radius 3 is 2.71 bits per heavy atom. The normalized spacial score (nSPS) is 26.3. The summed E-state index contributed by atoms with van der Waals surface area (Å²) in [5.41, 5.74) is 0.609. The van der Waals surface area contributed by atoms with Gasteiger partial charge in [-0.2, -0.15) is 0 Å². The van der Waals surface area contributed by atoms with Crippen LogP contribution in [0.15, 0.2) is 18.2 Å². The molecule has 17 heavy (non-hydrogen) atoms. The minimum atomic E-state index is -0.461. The largest absolute Gasteiger partial charge is 0.508 e. The molecule has 1 aromatic rings. The standard InChI is InChI=1S/C14H18O3/c15-10-4-5-11-12(16)9-14(17-13(11)8-10)6-2-1-3-7-14/h4-5,8,12,15-16H,1-3,6-7,9H2/t12-/m1/s1. The first-order valence-electron chi connectivity index (χ1n) is 6.39. The molecule has 0 radical (unpaired) electrons. The van der Waals surface area contributed by atoms with E-state index in [2.05, 4.69) is 0 Å². The summed E-state index contributed by atoms with van der Waals surface area (Å²) in [7, 11) is 0. The van der Waals surface area contributed by atoms with E-state index in [1.54, 1.807) is 18.2 Å². The summed E-state index contributed by atoms with van der Waals surface area (Å²) in [5, 5.41) is 19.7. The molecule has 0 unspecified atom stereocenters. The van der Waals surface area contributed by atoms with Crippen LogP contribution in [0.1, 0.15) is 50.2 Å². The number of hydrogen-bond donors (Lipinski definition) is 2. The van der Waals surface area contributed by atoms with Crippen LogP contribution in [0.25, 0.3) is 0 Å². The lowest BCUT2D eigenvalue weighted by Crippen LogP contribution is -2.42. The number of phenols is 1. The second kappa shape index (κ2) is 3.91. The third kappa shape index (κ3) is 1.89. The Labute approximate surface area is 101 Å². The van der Waals surface area contributed by atoms with Crippen molar-refractivity contribution in [3.05, 3.63) is 23.8 Å². The summed E-state index contributed by atoms with van der Waals surface area (Å²) < 4.78 is 6.09. The van der Waals surface area contributed by atoms with Crippen LogP contribution in [0, 0.1) is 0 Å². The number of fused-ring (bicyclic) bond motifs is 1. The van der Waals surface area contributed by atoms with E-state index in [4.69, 9.17) is 4.74 Å². The van der Waals surface area contributed by atoms with Gasteiger partial charge in [0.05, 0.1) is 6.10 Å². The molecule has 2 N–H and O–H groups in total. The first-order valence-corrected chi connectivity index (χ1v) is 6.39. The van der Waals surface area contributed by atoms with Crippen LogP contribution in [0.5, 0.6) is 11.5 Å². The van der Waals surface area contributed by atoms with E-state index in [9.17, 15) is 10.2 Å². The Bertz CT molecular complexity index is 421. The van der Waals surface area contributed by atoms with Gasteiger partial charge in [0.15, 0.2) is 0 Å². The predicted molar refractivity (Wildman–Crippen MR) is 64.1 cm³/mol. The molecule has 1 saturated carbocycles. The molecule has 92 valence electrons. The number of aliphatic hydroxyl groups excluding tert-OH is 1. The minimum absolute atomic E-state index is 0.196. The Hall–Kier alpha value is -1.22. The third-order valence-electron chi connectivity index (χ3n) is 4.01. The number of rotatable bonds is 0. The molecule has 1 atom stereocenters. The number of benzene rings is 1. The van der Waals surface area contributed by atoms with E-state index in [-0.39, 0.29) is 11.4 Å². The Balaban J connectivity index is 1.95. The summed E-state index contributed by atoms with van der Waals surface area (Å²) in [4.78, 5) is 0. The minimum Gasteiger partial charge on any atom is -0.508 e. The van der Waals surface area contributed by atoms with Gasteiger partial charge < -0.3 is 14.9 Å². The van der Waals surface area contributed by atoms with Crippen LogP contribution in [-0.4, -0.2) is 15.8 Å². The molecule has 2 aliphatic rings. The Kier molecular flexibility index (Phi) is 2.51. The van der Waals surface area contributed by atoms with E-state index >= 15 is 0 Å². The molecule has 1 aliphatic heterocycles. The summed E-state index contributed by atoms with van der Waals surface area (Å²) in [6.45, 7) is 0. The average Bonchev–Trinajstić information content (AvgIpc) is 2.29. The van der Waals surface area contributed by atoms with Gasteiger partial charge in [-0.1, -0.05) is 6.42 Å². The number of phenolic OH excluding ortho intramolecular Hbond substituents is 1. The SMILES string of the molecule is Oc1ccc2c(c1)OC1(CCCCC1)C[C@H]2O. The van der Waals surface area contributed by atoms with Gasteiger partial charge >= 0.3 is 0 Å². The molecule has 0 saturated heterocycles. The molecule has 0 bridgehead atoms. The van der Waals surface area contributed by atoms with Crippen LogP contribution in [0.3, 0.4) is 0 Å². The third-order valence-corrected chi connectivity index (χ3v) is 4.01. The number of hydrogen-bond acceptors (Lipinski definition) is 3. The molecular formula is C14H18O3. The van der Waals surface area contributed by atoms with Crippen LogP contribution < -0.4 is 4.74 Å². The van der Waals surface area contributed by atoms with Gasteiger partial charge in [0, 0.05) is 18.1 Å². The van der Waals surface area contributed by atoms with Gasteiger partial charge in [-0.25, -0.2) is 0 Å². The van der Waals surface area contributed by atoms with Gasteiger partial charge in [-0.15, -0.1) is 0 Å². The zero-order valence-corrected chi connectivity index (χ0v) is 9.85. The molecule has 0 aromatic heterocycles. The van der Waals surface area contributed by atoms with Crippen molar-refractivity contribution < 1.29 is 14.9 Å². The van der Waals surface area contributed by atoms with E-state index < -0.39 is 6.10 Å². The van der Waals surface area contributed by atoms with Crippen LogP contribution >= 0.6 is 0 Å². The molecule has 3 rings (SSSR count). The maximum atomic E-state index is 10.2. The highest BCUT2D eigenvalue weighted by Crippen LogP contribution is 2.46. The summed E-state index contributed by atoms with van der Waals surface area (Å²) in [6, 6.07) is 4.98. The van der Waals surface area contributed by atoms with E-state index in [0.29, 0.717) is 12.2 Å². The Morgan fingerprint density at radius 2 is 1.94 bits per heavy atom. The van der Waals surface area contributed by atoms with Crippen molar-refractivity contribution in [1.29, 1.82) is 0 Å². The second-order valence-corrected chi connectivity index (χ2v) is 5.29. The number of ether oxygens (including phenoxy) is 1. The van der Waals surface area contributed by atoms with Crippen molar-refractivity contribution >= 4 is 0 Å². The van der Waals surface area contributed by atoms with Crippen molar-refractivity contribution in [2.45, 2.75) is 50.2 Å². The zero-order valence-electron chi connectivity index (χ0n) is 9.85. The van der Waals surface area contributed by atoms with Crippen molar-refractivity contribution in [1.82, 2.24) is 0 Å². The van der Waals surface area contributed by atoms with Crippen molar-refractivity contribution in [2.24, 2.45) is 0 Å². The summed E-state index contributed by atoms with van der Waals surface area (Å²) >= 11 is 0. The van der Waals surface area contributed by atoms with Gasteiger partial charge in [0.2, 0.25) is 0 Å². The summed E-state index contributed by atoms with van der Waals surface area (Å²) in [5.74, 6) is 0.856. The quantitative estimate of drug-likeness (QED) is 0.725. The molecular weight excluding hydrogens is 216 g/mol. The fourth-order valence-corrected chi connectivity index (χ4v) is 3.13. The van der Waals surface area contributed by atoms with Crippen molar-refractivity contribution in [3.8, 4) is 11.5 Å². The monoisotopic (exact) mass is 234 g/mol. The summed E-state index contributed by atoms with van der Waals surface area (Å²) in [6.07, 6.45) is 5.84. The number of aliphatic hydroxyl groups is 1. The zero-order chi connectivity index (χ0) is 11.9. The van der Waals surface area contributed by atoms with Crippen molar-refractivity contribution in [2.75, 3.05) is 0 Å². The lowest BCUT2D eigenvalue weighted by Gasteiger charge is -2.43. The highest BCUT2D eigenvalue weighted by Gasteiger charge is 2.41. The second-order valence-electron chi connectivity index (χ2n) is 5.29. The molecule has 1 fully saturated rings. The molecule has 3 nitrogen and oxygen atoms in total. The number of aromatic hydroxyl groups is 1. The fraction of sp³-hybridized carbons (Fsp3) is 0.571. The molecule has 1 heterocycles. The van der Waals surface area contributed by atoms with E-state index in [0.717, 1.165) is 18.4 Å². The molecule has 0 amide bonds. The van der Waals surface area contributed by atoms with Crippen molar-refractivity contribution in [3.63, 3.8) is 0 Å². The topological polar surface area (TPSA) is 49.7 Å². The molecule has 3 heteroatoms. The maximum absolute atomic E-state index is 10.2. The fourth-order valence-electron chi connectivity index (χ4n) is 3.13. The van der Waals surface area contributed by atoms with E-state index in [1.807, 2.05) is 0 Å². The molecule has 1 spiro atoms. The van der Waals surface area contributed by atoms with Crippen LogP contribution in [0.4, 0.5) is 0 Å². The van der Waals surface area contributed by atoms with Gasteiger partial charge in [-0.3, -0.25) is 0 Å². The predicted octanol–water partition coefficient (Wildman–Crippen LogP) is 2.91. The highest BCUT2D eigenvalue weighted by atomic mass is 16.5. The van der Waals surface area contributed by atoms with Crippen LogP contribution in [0.2, 0.25) is 0 Å². The van der Waals surface area contributed by atoms with Gasteiger partial charge in [-0.05, 0) is 37.8 Å². The molecule has 1 aromatic carbocycles. The first kappa shape index (κ1) is 10.9. The average molecular weight is 234 g/mol. The van der Waals surface area contributed by atoms with Gasteiger partial charge in [0.25, 0.3) is 0 Å².